The number of hydrogen-bond acceptors (Lipinski definition) is 3. The van der Waals surface area contributed by atoms with E-state index in [2.05, 4.69) is 12.2 Å². The molecule has 0 aromatic heterocycles. The molecule has 0 bridgehead atoms. The number of nitrogens with zero attached hydrogens (tertiary/aromatic N) is 1. The maximum atomic E-state index is 12.9. The lowest BCUT2D eigenvalue weighted by molar-refractivity contribution is 0.0952. The Morgan fingerprint density at radius 1 is 1.12 bits per heavy atom. The van der Waals surface area contributed by atoms with Gasteiger partial charge < -0.3 is 5.32 Å². The molecule has 140 valence electrons. The Hall–Kier alpha value is -1.40. The van der Waals surface area contributed by atoms with Crippen LogP contribution in [0.3, 0.4) is 0 Å². The quantitative estimate of drug-likeness (QED) is 0.751. The Bertz CT molecular complexity index is 678. The Balaban J connectivity index is 2.17. The van der Waals surface area contributed by atoms with E-state index in [1.807, 2.05) is 6.92 Å². The molecule has 1 aromatic carbocycles. The van der Waals surface area contributed by atoms with E-state index in [1.54, 1.807) is 16.4 Å². The van der Waals surface area contributed by atoms with Crippen LogP contribution in [0.4, 0.5) is 0 Å². The first-order valence-electron chi connectivity index (χ1n) is 9.36. The molecule has 1 aromatic rings. The summed E-state index contributed by atoms with van der Waals surface area (Å²) in [6, 6.07) is 4.87. The van der Waals surface area contributed by atoms with Crippen LogP contribution < -0.4 is 5.32 Å². The summed E-state index contributed by atoms with van der Waals surface area (Å²) < 4.78 is 27.4. The third-order valence-corrected chi connectivity index (χ3v) is 6.62. The molecule has 0 radical (unpaired) electrons. The van der Waals surface area contributed by atoms with Crippen LogP contribution >= 0.6 is 0 Å². The summed E-state index contributed by atoms with van der Waals surface area (Å²) in [6.07, 6.45) is 7.05. The number of amides is 1. The van der Waals surface area contributed by atoms with Crippen LogP contribution in [0.5, 0.6) is 0 Å². The van der Waals surface area contributed by atoms with Crippen molar-refractivity contribution in [3.63, 3.8) is 0 Å². The number of carbonyl (C=O) groups excluding carboxylic acids is 1. The number of sulfonamides is 1. The Morgan fingerprint density at radius 3 is 2.44 bits per heavy atom. The average molecular weight is 367 g/mol. The van der Waals surface area contributed by atoms with Crippen LogP contribution in [0.2, 0.25) is 0 Å². The van der Waals surface area contributed by atoms with E-state index < -0.39 is 10.0 Å². The van der Waals surface area contributed by atoms with E-state index in [9.17, 15) is 13.2 Å². The molecule has 1 aliphatic rings. The van der Waals surface area contributed by atoms with E-state index in [4.69, 9.17) is 0 Å². The van der Waals surface area contributed by atoms with Crippen LogP contribution in [-0.2, 0) is 10.0 Å². The van der Waals surface area contributed by atoms with Crippen LogP contribution in [0, 0.1) is 6.92 Å². The molecule has 0 saturated carbocycles. The number of nitrogens with one attached hydrogen (secondary N) is 1. The van der Waals surface area contributed by atoms with Crippen molar-refractivity contribution in [2.75, 3.05) is 19.6 Å². The summed E-state index contributed by atoms with van der Waals surface area (Å²) >= 11 is 0. The van der Waals surface area contributed by atoms with Crippen LogP contribution in [0.1, 0.15) is 67.8 Å². The standard InChI is InChI=1S/C19H30N2O3S/c1-3-4-7-12-20-19(22)18-15-17(11-10-16(18)2)25(23,24)21-13-8-5-6-9-14-21/h10-11,15H,3-9,12-14H2,1-2H3,(H,20,22). The molecule has 1 saturated heterocycles. The molecule has 1 heterocycles. The normalized spacial score (nSPS) is 16.4. The monoisotopic (exact) mass is 366 g/mol. The minimum atomic E-state index is -3.53. The van der Waals surface area contributed by atoms with Gasteiger partial charge in [0.15, 0.2) is 0 Å². The van der Waals surface area contributed by atoms with Crippen LogP contribution in [0.25, 0.3) is 0 Å². The first-order chi connectivity index (χ1) is 12.0. The minimum absolute atomic E-state index is 0.193. The molecule has 1 aliphatic heterocycles. The maximum Gasteiger partial charge on any atom is 0.251 e. The number of hydrogen-bond donors (Lipinski definition) is 1. The molecule has 25 heavy (non-hydrogen) atoms. The second-order valence-corrected chi connectivity index (χ2v) is 8.70. The van der Waals surface area contributed by atoms with Gasteiger partial charge in [0.2, 0.25) is 10.0 Å². The largest absolute Gasteiger partial charge is 0.352 e. The molecule has 0 spiro atoms. The molecular weight excluding hydrogens is 336 g/mol. The first-order valence-corrected chi connectivity index (χ1v) is 10.8. The summed E-state index contributed by atoms with van der Waals surface area (Å²) in [5.41, 5.74) is 1.25. The number of unbranched alkanes of at least 4 members (excludes halogenated alkanes) is 2. The highest BCUT2D eigenvalue weighted by Crippen LogP contribution is 2.22. The Labute approximate surface area is 151 Å². The molecule has 1 N–H and O–H groups in total. The third kappa shape index (κ3) is 5.28. The minimum Gasteiger partial charge on any atom is -0.352 e. The summed E-state index contributed by atoms with van der Waals surface area (Å²) in [6.45, 7) is 5.70. The zero-order chi connectivity index (χ0) is 18.3. The van der Waals surface area contributed by atoms with Gasteiger partial charge in [0.25, 0.3) is 5.91 Å². The highest BCUT2D eigenvalue weighted by atomic mass is 32.2. The van der Waals surface area contributed by atoms with Gasteiger partial charge in [-0.1, -0.05) is 38.7 Å². The van der Waals surface area contributed by atoms with Crippen molar-refractivity contribution in [3.05, 3.63) is 29.3 Å². The predicted molar refractivity (Wildman–Crippen MR) is 100 cm³/mol. The molecule has 1 fully saturated rings. The second-order valence-electron chi connectivity index (χ2n) is 6.76. The highest BCUT2D eigenvalue weighted by Gasteiger charge is 2.26. The van der Waals surface area contributed by atoms with Gasteiger partial charge in [0, 0.05) is 25.2 Å². The SMILES string of the molecule is CCCCCNC(=O)c1cc(S(=O)(=O)N2CCCCCC2)ccc1C. The van der Waals surface area contributed by atoms with Gasteiger partial charge in [-0.25, -0.2) is 8.42 Å². The van der Waals surface area contributed by atoms with Crippen molar-refractivity contribution >= 4 is 15.9 Å². The van der Waals surface area contributed by atoms with Crippen LogP contribution in [0.15, 0.2) is 23.1 Å². The van der Waals surface area contributed by atoms with Crippen molar-refractivity contribution in [1.82, 2.24) is 9.62 Å². The van der Waals surface area contributed by atoms with Gasteiger partial charge in [0.05, 0.1) is 4.90 Å². The second kappa shape index (κ2) is 9.34. The molecule has 5 nitrogen and oxygen atoms in total. The van der Waals surface area contributed by atoms with Crippen molar-refractivity contribution in [2.24, 2.45) is 0 Å². The average Bonchev–Trinajstić information content (AvgIpc) is 2.88. The van der Waals surface area contributed by atoms with Gasteiger partial charge in [-0.05, 0) is 43.9 Å². The first kappa shape index (κ1) is 19.9. The van der Waals surface area contributed by atoms with Crippen molar-refractivity contribution in [1.29, 1.82) is 0 Å². The maximum absolute atomic E-state index is 12.9. The lowest BCUT2D eigenvalue weighted by atomic mass is 10.1. The molecule has 1 amide bonds. The van der Waals surface area contributed by atoms with Gasteiger partial charge in [0.1, 0.15) is 0 Å². The number of benzene rings is 1. The van der Waals surface area contributed by atoms with E-state index in [0.29, 0.717) is 25.2 Å². The van der Waals surface area contributed by atoms with Gasteiger partial charge in [-0.3, -0.25) is 4.79 Å². The molecular formula is C19H30N2O3S. The Morgan fingerprint density at radius 2 is 1.80 bits per heavy atom. The lowest BCUT2D eigenvalue weighted by Gasteiger charge is -2.20. The number of aryl methyl sites for hydroxylation is 1. The van der Waals surface area contributed by atoms with E-state index >= 15 is 0 Å². The topological polar surface area (TPSA) is 66.5 Å². The molecule has 0 aliphatic carbocycles. The highest BCUT2D eigenvalue weighted by molar-refractivity contribution is 7.89. The van der Waals surface area contributed by atoms with Gasteiger partial charge >= 0.3 is 0 Å². The zero-order valence-electron chi connectivity index (χ0n) is 15.4. The zero-order valence-corrected chi connectivity index (χ0v) is 16.2. The van der Waals surface area contributed by atoms with E-state index in [-0.39, 0.29) is 10.8 Å². The summed E-state index contributed by atoms with van der Waals surface area (Å²) in [5, 5.41) is 2.90. The molecule has 2 rings (SSSR count). The lowest BCUT2D eigenvalue weighted by Crippen LogP contribution is -2.32. The number of carbonyl (C=O) groups is 1. The molecule has 6 heteroatoms. The van der Waals surface area contributed by atoms with Crippen molar-refractivity contribution < 1.29 is 13.2 Å². The van der Waals surface area contributed by atoms with Gasteiger partial charge in [-0.2, -0.15) is 4.31 Å². The summed E-state index contributed by atoms with van der Waals surface area (Å²) in [7, 11) is -3.53. The Kier molecular flexibility index (Phi) is 7.44. The van der Waals surface area contributed by atoms with Gasteiger partial charge in [-0.15, -0.1) is 0 Å². The summed E-state index contributed by atoms with van der Waals surface area (Å²) in [4.78, 5) is 12.6. The summed E-state index contributed by atoms with van der Waals surface area (Å²) in [5.74, 6) is -0.193. The molecule has 0 unspecified atom stereocenters. The number of rotatable bonds is 7. The van der Waals surface area contributed by atoms with Crippen molar-refractivity contribution in [3.8, 4) is 0 Å². The smallest absolute Gasteiger partial charge is 0.251 e. The third-order valence-electron chi connectivity index (χ3n) is 4.72. The van der Waals surface area contributed by atoms with E-state index in [1.165, 1.54) is 6.07 Å². The molecule has 0 atom stereocenters. The van der Waals surface area contributed by atoms with E-state index in [0.717, 1.165) is 50.5 Å². The van der Waals surface area contributed by atoms with Crippen molar-refractivity contribution in [2.45, 2.75) is 63.7 Å². The fourth-order valence-corrected chi connectivity index (χ4v) is 4.65. The fraction of sp³-hybridized carbons (Fsp3) is 0.632. The fourth-order valence-electron chi connectivity index (χ4n) is 3.11. The van der Waals surface area contributed by atoms with Crippen LogP contribution in [-0.4, -0.2) is 38.3 Å². The predicted octanol–water partition coefficient (Wildman–Crippen LogP) is 3.48.